The van der Waals surface area contributed by atoms with Crippen LogP contribution >= 0.6 is 0 Å². The number of piperidine rings is 1. The molecule has 0 unspecified atom stereocenters. The highest BCUT2D eigenvalue weighted by Gasteiger charge is 2.41. The van der Waals surface area contributed by atoms with Crippen LogP contribution in [0.1, 0.15) is 31.7 Å². The molecule has 2 heterocycles. The summed E-state index contributed by atoms with van der Waals surface area (Å²) in [4.78, 5) is 4.72. The van der Waals surface area contributed by atoms with Gasteiger partial charge < -0.3 is 19.7 Å². The molecule has 6 heteroatoms. The highest BCUT2D eigenvalue weighted by Crippen LogP contribution is 2.35. The molecule has 28 heavy (non-hydrogen) atoms. The molecule has 0 radical (unpaired) electrons. The Morgan fingerprint density at radius 2 is 1.89 bits per heavy atom. The summed E-state index contributed by atoms with van der Waals surface area (Å²) in [6.45, 7) is 9.85. The summed E-state index contributed by atoms with van der Waals surface area (Å²) in [5.41, 5.74) is 0.857. The lowest BCUT2D eigenvalue weighted by atomic mass is 9.74. The second kappa shape index (κ2) is 10.6. The number of aliphatic hydroxyl groups excluding tert-OH is 2. The van der Waals surface area contributed by atoms with Crippen molar-refractivity contribution in [1.29, 1.82) is 0 Å². The van der Waals surface area contributed by atoms with Gasteiger partial charge in [-0.3, -0.25) is 9.80 Å². The SMILES string of the molecule is CCC[C@@]1(CO)CN(Cc2ccc(OCCN3CCOCC3)cc2)CC[C@@H]1O. The fraction of sp³-hybridized carbons (Fsp3) is 0.727. The topological polar surface area (TPSA) is 65.4 Å². The Balaban J connectivity index is 1.47. The summed E-state index contributed by atoms with van der Waals surface area (Å²) in [6, 6.07) is 8.32. The van der Waals surface area contributed by atoms with Crippen LogP contribution in [0, 0.1) is 5.41 Å². The van der Waals surface area contributed by atoms with Crippen LogP contribution in [0.5, 0.6) is 5.75 Å². The van der Waals surface area contributed by atoms with Gasteiger partial charge in [-0.2, -0.15) is 0 Å². The van der Waals surface area contributed by atoms with Crippen LogP contribution in [0.3, 0.4) is 0 Å². The van der Waals surface area contributed by atoms with E-state index >= 15 is 0 Å². The molecule has 1 aromatic carbocycles. The third kappa shape index (κ3) is 5.67. The van der Waals surface area contributed by atoms with Gasteiger partial charge in [0, 0.05) is 44.7 Å². The van der Waals surface area contributed by atoms with E-state index < -0.39 is 6.10 Å². The van der Waals surface area contributed by atoms with E-state index in [4.69, 9.17) is 9.47 Å². The van der Waals surface area contributed by atoms with E-state index in [-0.39, 0.29) is 12.0 Å². The first-order valence-electron chi connectivity index (χ1n) is 10.7. The first kappa shape index (κ1) is 21.5. The smallest absolute Gasteiger partial charge is 0.119 e. The number of hydrogen-bond donors (Lipinski definition) is 2. The summed E-state index contributed by atoms with van der Waals surface area (Å²) >= 11 is 0. The number of benzene rings is 1. The molecule has 6 nitrogen and oxygen atoms in total. The molecule has 0 saturated carbocycles. The van der Waals surface area contributed by atoms with Gasteiger partial charge in [0.05, 0.1) is 25.9 Å². The Labute approximate surface area is 169 Å². The van der Waals surface area contributed by atoms with Gasteiger partial charge in [-0.25, -0.2) is 0 Å². The highest BCUT2D eigenvalue weighted by molar-refractivity contribution is 5.27. The number of likely N-dealkylation sites (tertiary alicyclic amines) is 1. The van der Waals surface area contributed by atoms with Gasteiger partial charge in [0.15, 0.2) is 0 Å². The van der Waals surface area contributed by atoms with Gasteiger partial charge in [-0.1, -0.05) is 25.5 Å². The van der Waals surface area contributed by atoms with E-state index in [1.54, 1.807) is 0 Å². The number of nitrogens with zero attached hydrogens (tertiary/aromatic N) is 2. The van der Waals surface area contributed by atoms with Crippen LogP contribution in [-0.4, -0.2) is 85.3 Å². The first-order chi connectivity index (χ1) is 13.6. The predicted molar refractivity (Wildman–Crippen MR) is 110 cm³/mol. The molecule has 2 aliphatic heterocycles. The van der Waals surface area contributed by atoms with Crippen LogP contribution in [0.4, 0.5) is 0 Å². The molecule has 2 N–H and O–H groups in total. The Morgan fingerprint density at radius 1 is 1.14 bits per heavy atom. The third-order valence-corrected chi connectivity index (χ3v) is 6.14. The van der Waals surface area contributed by atoms with Gasteiger partial charge in [-0.05, 0) is 30.5 Å². The standard InChI is InChI=1S/C22H36N2O4/c1-2-8-22(18-25)17-24(9-7-21(22)26)16-19-3-5-20(6-4-19)28-15-12-23-10-13-27-14-11-23/h3-6,21,25-26H,2,7-18H2,1H3/t21-,22-/m0/s1. The Kier molecular flexibility index (Phi) is 8.11. The van der Waals surface area contributed by atoms with Crippen LogP contribution in [0.25, 0.3) is 0 Å². The summed E-state index contributed by atoms with van der Waals surface area (Å²) in [7, 11) is 0. The zero-order valence-corrected chi connectivity index (χ0v) is 17.2. The number of ether oxygens (including phenoxy) is 2. The number of hydrogen-bond acceptors (Lipinski definition) is 6. The van der Waals surface area contributed by atoms with E-state index in [1.807, 2.05) is 12.1 Å². The minimum atomic E-state index is -0.407. The molecule has 0 spiro atoms. The first-order valence-corrected chi connectivity index (χ1v) is 10.7. The van der Waals surface area contributed by atoms with Crippen molar-refractivity contribution in [3.05, 3.63) is 29.8 Å². The Bertz CT molecular complexity index is 576. The van der Waals surface area contributed by atoms with Crippen LogP contribution in [0.15, 0.2) is 24.3 Å². The molecule has 2 fully saturated rings. The minimum absolute atomic E-state index is 0.0500. The average Bonchev–Trinajstić information content (AvgIpc) is 2.73. The maximum absolute atomic E-state index is 10.4. The van der Waals surface area contributed by atoms with Crippen LogP contribution in [0.2, 0.25) is 0 Å². The van der Waals surface area contributed by atoms with Crippen LogP contribution < -0.4 is 4.74 Å². The normalized spacial score (nSPS) is 27.0. The average molecular weight is 393 g/mol. The van der Waals surface area contributed by atoms with E-state index in [0.29, 0.717) is 6.61 Å². The lowest BCUT2D eigenvalue weighted by molar-refractivity contribution is -0.0819. The third-order valence-electron chi connectivity index (χ3n) is 6.14. The van der Waals surface area contributed by atoms with Crippen molar-refractivity contribution < 1.29 is 19.7 Å². The van der Waals surface area contributed by atoms with Crippen LogP contribution in [-0.2, 0) is 11.3 Å². The molecule has 0 amide bonds. The minimum Gasteiger partial charge on any atom is -0.492 e. The van der Waals surface area contributed by atoms with Gasteiger partial charge in [-0.15, -0.1) is 0 Å². The lowest BCUT2D eigenvalue weighted by Gasteiger charge is -2.45. The van der Waals surface area contributed by atoms with Crippen molar-refractivity contribution >= 4 is 0 Å². The Morgan fingerprint density at radius 3 is 2.57 bits per heavy atom. The van der Waals surface area contributed by atoms with Gasteiger partial charge >= 0.3 is 0 Å². The molecular formula is C22H36N2O4. The number of morpholine rings is 1. The van der Waals surface area contributed by atoms with Gasteiger partial charge in [0.25, 0.3) is 0 Å². The lowest BCUT2D eigenvalue weighted by Crippen LogP contribution is -2.53. The maximum Gasteiger partial charge on any atom is 0.119 e. The van der Waals surface area contributed by atoms with E-state index in [1.165, 1.54) is 5.56 Å². The molecule has 158 valence electrons. The molecule has 3 rings (SSSR count). The maximum atomic E-state index is 10.4. The van der Waals surface area contributed by atoms with Crippen molar-refractivity contribution in [3.63, 3.8) is 0 Å². The molecule has 2 aliphatic rings. The molecular weight excluding hydrogens is 356 g/mol. The fourth-order valence-electron chi connectivity index (χ4n) is 4.42. The van der Waals surface area contributed by atoms with Crippen molar-refractivity contribution in [2.45, 2.75) is 38.8 Å². The Hall–Kier alpha value is -1.18. The zero-order valence-electron chi connectivity index (χ0n) is 17.2. The number of rotatable bonds is 9. The van der Waals surface area contributed by atoms with Crippen molar-refractivity contribution in [2.24, 2.45) is 5.41 Å². The monoisotopic (exact) mass is 392 g/mol. The summed E-state index contributed by atoms with van der Waals surface area (Å²) in [5.74, 6) is 0.904. The highest BCUT2D eigenvalue weighted by atomic mass is 16.5. The second-order valence-electron chi connectivity index (χ2n) is 8.23. The van der Waals surface area contributed by atoms with E-state index in [9.17, 15) is 10.2 Å². The fourth-order valence-corrected chi connectivity index (χ4v) is 4.42. The predicted octanol–water partition coefficient (Wildman–Crippen LogP) is 1.74. The molecule has 0 aliphatic carbocycles. The van der Waals surface area contributed by atoms with Crippen molar-refractivity contribution in [1.82, 2.24) is 9.80 Å². The molecule has 0 bridgehead atoms. The van der Waals surface area contributed by atoms with E-state index in [2.05, 4.69) is 28.9 Å². The van der Waals surface area contributed by atoms with Crippen molar-refractivity contribution in [3.8, 4) is 5.75 Å². The molecule has 0 aromatic heterocycles. The summed E-state index contributed by atoms with van der Waals surface area (Å²) < 4.78 is 11.3. The number of aliphatic hydroxyl groups is 2. The largest absolute Gasteiger partial charge is 0.492 e. The second-order valence-corrected chi connectivity index (χ2v) is 8.23. The quantitative estimate of drug-likeness (QED) is 0.667. The van der Waals surface area contributed by atoms with Gasteiger partial charge in [0.1, 0.15) is 12.4 Å². The summed E-state index contributed by atoms with van der Waals surface area (Å²) in [5, 5.41) is 20.4. The molecule has 2 saturated heterocycles. The zero-order chi connectivity index (χ0) is 19.8. The van der Waals surface area contributed by atoms with E-state index in [0.717, 1.165) is 77.5 Å². The van der Waals surface area contributed by atoms with Gasteiger partial charge in [0.2, 0.25) is 0 Å². The molecule has 1 aromatic rings. The summed E-state index contributed by atoms with van der Waals surface area (Å²) in [6.07, 6.45) is 2.15. The van der Waals surface area contributed by atoms with Crippen molar-refractivity contribution in [2.75, 3.05) is 59.2 Å². The molecule has 2 atom stereocenters.